The Bertz CT molecular complexity index is 684. The molecule has 0 bridgehead atoms. The van der Waals surface area contributed by atoms with E-state index in [1.54, 1.807) is 25.2 Å². The lowest BCUT2D eigenvalue weighted by molar-refractivity contribution is 0.0940. The summed E-state index contributed by atoms with van der Waals surface area (Å²) in [6.45, 7) is 0.684. The van der Waals surface area contributed by atoms with Gasteiger partial charge >= 0.3 is 0 Å². The highest BCUT2D eigenvalue weighted by molar-refractivity contribution is 6.02. The molecule has 2 amide bonds. The van der Waals surface area contributed by atoms with E-state index in [9.17, 15) is 9.59 Å². The molecule has 7 heteroatoms. The summed E-state index contributed by atoms with van der Waals surface area (Å²) in [5.41, 5.74) is 0.292. The number of carbonyl (C=O) groups is 2. The number of nitrogens with zero attached hydrogens (tertiary/aromatic N) is 2. The van der Waals surface area contributed by atoms with Crippen LogP contribution in [0.15, 0.2) is 28.9 Å². The van der Waals surface area contributed by atoms with Crippen molar-refractivity contribution >= 4 is 17.6 Å². The number of carbonyl (C=O) groups excluding carboxylic acids is 2. The van der Waals surface area contributed by atoms with E-state index in [-0.39, 0.29) is 17.6 Å². The van der Waals surface area contributed by atoms with E-state index in [4.69, 9.17) is 4.42 Å². The van der Waals surface area contributed by atoms with Gasteiger partial charge in [0, 0.05) is 19.7 Å². The molecule has 122 valence electrons. The van der Waals surface area contributed by atoms with Gasteiger partial charge in [0.2, 0.25) is 0 Å². The summed E-state index contributed by atoms with van der Waals surface area (Å²) in [5.74, 6) is 0.624. The molecule has 0 aliphatic heterocycles. The minimum atomic E-state index is -0.379. The average molecular weight is 316 g/mol. The Labute approximate surface area is 134 Å². The Balaban J connectivity index is 1.60. The van der Waals surface area contributed by atoms with Gasteiger partial charge in [0.15, 0.2) is 11.5 Å². The van der Waals surface area contributed by atoms with Crippen LogP contribution in [0.3, 0.4) is 0 Å². The highest BCUT2D eigenvalue weighted by Crippen LogP contribution is 2.23. The van der Waals surface area contributed by atoms with Gasteiger partial charge in [0.25, 0.3) is 11.8 Å². The molecule has 1 fully saturated rings. The molecule has 0 aromatic carbocycles. The fraction of sp³-hybridized carbons (Fsp3) is 0.438. The second kappa shape index (κ2) is 6.68. The zero-order valence-corrected chi connectivity index (χ0v) is 13.0. The standard InChI is InChI=1S/C16H20N4O3/c1-20-14(18-16(22)13-7-4-8-23-13)9-12(19-20)15(21)17-10-11-5-2-3-6-11/h4,7-9,11H,2-3,5-6,10H2,1H3,(H,17,21)(H,18,22). The molecule has 0 radical (unpaired) electrons. The zero-order chi connectivity index (χ0) is 16.2. The smallest absolute Gasteiger partial charge is 0.292 e. The number of aromatic nitrogens is 2. The maximum absolute atomic E-state index is 12.2. The van der Waals surface area contributed by atoms with Gasteiger partial charge in [-0.05, 0) is 30.9 Å². The largest absolute Gasteiger partial charge is 0.459 e. The van der Waals surface area contributed by atoms with Crippen LogP contribution in [0, 0.1) is 5.92 Å². The lowest BCUT2D eigenvalue weighted by atomic mass is 10.1. The van der Waals surface area contributed by atoms with Crippen molar-refractivity contribution < 1.29 is 14.0 Å². The van der Waals surface area contributed by atoms with Crippen molar-refractivity contribution in [3.8, 4) is 0 Å². The molecule has 0 unspecified atom stereocenters. The van der Waals surface area contributed by atoms with E-state index in [1.807, 2.05) is 0 Å². The summed E-state index contributed by atoms with van der Waals surface area (Å²) in [5, 5.41) is 9.74. The van der Waals surface area contributed by atoms with Crippen LogP contribution in [-0.2, 0) is 7.05 Å². The van der Waals surface area contributed by atoms with Gasteiger partial charge in [-0.25, -0.2) is 0 Å². The minimum Gasteiger partial charge on any atom is -0.459 e. The first-order valence-corrected chi connectivity index (χ1v) is 7.80. The van der Waals surface area contributed by atoms with Crippen LogP contribution in [-0.4, -0.2) is 28.1 Å². The summed E-state index contributed by atoms with van der Waals surface area (Å²) in [6, 6.07) is 4.77. The maximum Gasteiger partial charge on any atom is 0.292 e. The van der Waals surface area contributed by atoms with Crippen molar-refractivity contribution in [2.75, 3.05) is 11.9 Å². The van der Waals surface area contributed by atoms with Gasteiger partial charge in [0.1, 0.15) is 5.82 Å². The second-order valence-electron chi connectivity index (χ2n) is 5.83. The van der Waals surface area contributed by atoms with Gasteiger partial charge in [-0.15, -0.1) is 0 Å². The van der Waals surface area contributed by atoms with Gasteiger partial charge in [0.05, 0.1) is 6.26 Å². The predicted octanol–water partition coefficient (Wildman–Crippen LogP) is 2.19. The fourth-order valence-electron chi connectivity index (χ4n) is 2.82. The molecule has 1 aliphatic carbocycles. The van der Waals surface area contributed by atoms with Crippen LogP contribution in [0.2, 0.25) is 0 Å². The minimum absolute atomic E-state index is 0.207. The molecule has 3 rings (SSSR count). The van der Waals surface area contributed by atoms with E-state index in [0.717, 1.165) is 0 Å². The maximum atomic E-state index is 12.2. The van der Waals surface area contributed by atoms with E-state index < -0.39 is 0 Å². The molecule has 23 heavy (non-hydrogen) atoms. The first kappa shape index (κ1) is 15.3. The third-order valence-corrected chi connectivity index (χ3v) is 4.13. The zero-order valence-electron chi connectivity index (χ0n) is 13.0. The topological polar surface area (TPSA) is 89.2 Å². The van der Waals surface area contributed by atoms with Crippen LogP contribution < -0.4 is 10.6 Å². The number of amides is 2. The third kappa shape index (κ3) is 3.61. The van der Waals surface area contributed by atoms with Crippen LogP contribution in [0.4, 0.5) is 5.82 Å². The third-order valence-electron chi connectivity index (χ3n) is 4.13. The van der Waals surface area contributed by atoms with E-state index in [0.29, 0.717) is 24.0 Å². The molecule has 0 saturated heterocycles. The van der Waals surface area contributed by atoms with E-state index >= 15 is 0 Å². The number of aryl methyl sites for hydroxylation is 1. The Morgan fingerprint density at radius 3 is 2.83 bits per heavy atom. The SMILES string of the molecule is Cn1nc(C(=O)NCC2CCCC2)cc1NC(=O)c1ccco1. The molecule has 0 atom stereocenters. The fourth-order valence-corrected chi connectivity index (χ4v) is 2.82. The van der Waals surface area contributed by atoms with Crippen molar-refractivity contribution in [1.82, 2.24) is 15.1 Å². The molecule has 2 aromatic heterocycles. The van der Waals surface area contributed by atoms with Gasteiger partial charge in [-0.2, -0.15) is 5.10 Å². The Kier molecular flexibility index (Phi) is 4.45. The summed E-state index contributed by atoms with van der Waals surface area (Å²) in [6.07, 6.45) is 6.26. The van der Waals surface area contributed by atoms with Crippen LogP contribution in [0.5, 0.6) is 0 Å². The molecular formula is C16H20N4O3. The van der Waals surface area contributed by atoms with Gasteiger partial charge in [-0.3, -0.25) is 14.3 Å². The number of rotatable bonds is 5. The number of anilines is 1. The van der Waals surface area contributed by atoms with Crippen LogP contribution >= 0.6 is 0 Å². The van der Waals surface area contributed by atoms with Crippen LogP contribution in [0.25, 0.3) is 0 Å². The van der Waals surface area contributed by atoms with Crippen molar-refractivity contribution in [1.29, 1.82) is 0 Å². The van der Waals surface area contributed by atoms with Crippen molar-refractivity contribution in [2.45, 2.75) is 25.7 Å². The lowest BCUT2D eigenvalue weighted by Gasteiger charge is -2.08. The molecule has 1 aliphatic rings. The lowest BCUT2D eigenvalue weighted by Crippen LogP contribution is -2.28. The van der Waals surface area contributed by atoms with Crippen molar-refractivity contribution in [3.05, 3.63) is 35.9 Å². The Morgan fingerprint density at radius 1 is 1.35 bits per heavy atom. The molecule has 0 spiro atoms. The molecular weight excluding hydrogens is 296 g/mol. The van der Waals surface area contributed by atoms with Crippen molar-refractivity contribution in [2.24, 2.45) is 13.0 Å². The van der Waals surface area contributed by atoms with Gasteiger partial charge < -0.3 is 15.1 Å². The first-order chi connectivity index (χ1) is 11.1. The highest BCUT2D eigenvalue weighted by atomic mass is 16.3. The van der Waals surface area contributed by atoms with E-state index in [1.165, 1.54) is 36.6 Å². The number of hydrogen-bond acceptors (Lipinski definition) is 4. The molecule has 2 heterocycles. The summed E-state index contributed by atoms with van der Waals surface area (Å²) < 4.78 is 6.50. The van der Waals surface area contributed by atoms with Crippen molar-refractivity contribution in [3.63, 3.8) is 0 Å². The Hall–Kier alpha value is -2.57. The van der Waals surface area contributed by atoms with Gasteiger partial charge in [-0.1, -0.05) is 12.8 Å². The highest BCUT2D eigenvalue weighted by Gasteiger charge is 2.19. The normalized spacial score (nSPS) is 14.8. The summed E-state index contributed by atoms with van der Waals surface area (Å²) in [7, 11) is 1.67. The summed E-state index contributed by atoms with van der Waals surface area (Å²) >= 11 is 0. The summed E-state index contributed by atoms with van der Waals surface area (Å²) in [4.78, 5) is 24.1. The van der Waals surface area contributed by atoms with E-state index in [2.05, 4.69) is 15.7 Å². The monoisotopic (exact) mass is 316 g/mol. The molecule has 2 aromatic rings. The average Bonchev–Trinajstić information content (AvgIpc) is 3.27. The Morgan fingerprint density at radius 2 is 2.13 bits per heavy atom. The first-order valence-electron chi connectivity index (χ1n) is 7.80. The number of furan rings is 1. The molecule has 7 nitrogen and oxygen atoms in total. The molecule has 2 N–H and O–H groups in total. The quantitative estimate of drug-likeness (QED) is 0.885. The number of hydrogen-bond donors (Lipinski definition) is 2. The molecule has 1 saturated carbocycles. The van der Waals surface area contributed by atoms with Crippen LogP contribution in [0.1, 0.15) is 46.7 Å². The predicted molar refractivity (Wildman–Crippen MR) is 84.2 cm³/mol. The second-order valence-corrected chi connectivity index (χ2v) is 5.83. The number of nitrogens with one attached hydrogen (secondary N) is 2.